The van der Waals surface area contributed by atoms with E-state index >= 15 is 0 Å². The van der Waals surface area contributed by atoms with Crippen LogP contribution in [0.3, 0.4) is 0 Å². The van der Waals surface area contributed by atoms with Gasteiger partial charge in [0.1, 0.15) is 5.75 Å². The van der Waals surface area contributed by atoms with Crippen molar-refractivity contribution in [3.8, 4) is 5.75 Å². The van der Waals surface area contributed by atoms with E-state index < -0.39 is 0 Å². The second-order valence-electron chi connectivity index (χ2n) is 6.68. The molecule has 0 aromatic heterocycles. The first kappa shape index (κ1) is 17.5. The molecular weight excluding hydrogens is 308 g/mol. The smallest absolute Gasteiger partial charge is 0.123 e. The highest BCUT2D eigenvalue weighted by atomic mass is 16.5. The summed E-state index contributed by atoms with van der Waals surface area (Å²) in [5, 5.41) is 12.1. The largest absolute Gasteiger partial charge is 0.507 e. The third kappa shape index (κ3) is 3.85. The van der Waals surface area contributed by atoms with E-state index in [-0.39, 0.29) is 6.10 Å². The highest BCUT2D eigenvalue weighted by molar-refractivity contribution is 5.94. The van der Waals surface area contributed by atoms with Crippen LogP contribution in [0, 0.1) is 0 Å². The van der Waals surface area contributed by atoms with Crippen molar-refractivity contribution in [2.75, 3.05) is 6.61 Å². The molecule has 2 aromatic rings. The summed E-state index contributed by atoms with van der Waals surface area (Å²) in [5.41, 5.74) is 4.92. The van der Waals surface area contributed by atoms with Crippen molar-refractivity contribution in [3.63, 3.8) is 0 Å². The zero-order valence-corrected chi connectivity index (χ0v) is 15.1. The Hall–Kier alpha value is -2.32. The Morgan fingerprint density at radius 3 is 2.72 bits per heavy atom. The molecule has 1 unspecified atom stereocenters. The van der Waals surface area contributed by atoms with Crippen molar-refractivity contribution < 1.29 is 9.84 Å². The molecule has 130 valence electrons. The third-order valence-electron chi connectivity index (χ3n) is 4.92. The molecule has 3 rings (SSSR count). The van der Waals surface area contributed by atoms with Gasteiger partial charge in [-0.3, -0.25) is 0 Å². The van der Waals surface area contributed by atoms with Crippen LogP contribution in [0.25, 0.3) is 16.8 Å². The number of phenols is 1. The number of ether oxygens (including phenoxy) is 1. The van der Waals surface area contributed by atoms with E-state index in [1.54, 1.807) is 6.07 Å². The Balaban J connectivity index is 1.81. The van der Waals surface area contributed by atoms with Crippen molar-refractivity contribution in [2.45, 2.75) is 39.2 Å². The number of phenolic OH excluding ortho intramolecular Hbond substituents is 1. The Morgan fingerprint density at radius 2 is 2.00 bits per heavy atom. The summed E-state index contributed by atoms with van der Waals surface area (Å²) in [4.78, 5) is 0. The molecule has 2 heteroatoms. The van der Waals surface area contributed by atoms with Crippen LogP contribution < -0.4 is 0 Å². The zero-order chi connectivity index (χ0) is 17.8. The number of hydrogen-bond donors (Lipinski definition) is 1. The van der Waals surface area contributed by atoms with Gasteiger partial charge in [0.15, 0.2) is 0 Å². The molecular formula is C23H26O2. The number of allylic oxidation sites excluding steroid dienone is 1. The molecule has 0 amide bonds. The van der Waals surface area contributed by atoms with E-state index in [9.17, 15) is 5.11 Å². The second-order valence-corrected chi connectivity index (χ2v) is 6.68. The van der Waals surface area contributed by atoms with Gasteiger partial charge in [0.05, 0.1) is 12.7 Å². The van der Waals surface area contributed by atoms with Crippen molar-refractivity contribution in [1.82, 2.24) is 0 Å². The molecule has 0 spiro atoms. The van der Waals surface area contributed by atoms with Gasteiger partial charge in [-0.15, -0.1) is 0 Å². The van der Waals surface area contributed by atoms with Gasteiger partial charge in [-0.05, 0) is 48.8 Å². The summed E-state index contributed by atoms with van der Waals surface area (Å²) in [6.07, 6.45) is 7.57. The summed E-state index contributed by atoms with van der Waals surface area (Å²) >= 11 is 0. The molecule has 2 aromatic carbocycles. The van der Waals surface area contributed by atoms with Crippen molar-refractivity contribution in [2.24, 2.45) is 0 Å². The number of fused-ring (bicyclic) bond motifs is 1. The lowest BCUT2D eigenvalue weighted by Gasteiger charge is -2.16. The van der Waals surface area contributed by atoms with Gasteiger partial charge in [-0.1, -0.05) is 67.1 Å². The molecule has 2 nitrogen and oxygen atoms in total. The van der Waals surface area contributed by atoms with Gasteiger partial charge >= 0.3 is 0 Å². The molecule has 0 saturated carbocycles. The molecule has 1 heterocycles. The molecule has 0 saturated heterocycles. The molecule has 25 heavy (non-hydrogen) atoms. The molecule has 0 bridgehead atoms. The molecule has 1 N–H and O–H groups in total. The summed E-state index contributed by atoms with van der Waals surface area (Å²) in [7, 11) is 0. The zero-order valence-electron chi connectivity index (χ0n) is 15.1. The molecule has 0 fully saturated rings. The quantitative estimate of drug-likeness (QED) is 0.700. The fourth-order valence-electron chi connectivity index (χ4n) is 3.48. The standard InChI is InChI=1S/C23H26O2/c1-4-17(9-12-23-19(16(2)3)13-14-25-23)15-18-10-11-22(24)21-8-6-5-7-20(18)21/h5-8,10-11,13,15,23-24H,2,4,9,12,14H2,1,3H3/b17-15+. The van der Waals surface area contributed by atoms with E-state index in [1.807, 2.05) is 31.2 Å². The number of hydrogen-bond acceptors (Lipinski definition) is 2. The Morgan fingerprint density at radius 1 is 1.24 bits per heavy atom. The van der Waals surface area contributed by atoms with Crippen molar-refractivity contribution in [1.29, 1.82) is 0 Å². The van der Waals surface area contributed by atoms with Crippen LogP contribution in [0.5, 0.6) is 5.75 Å². The predicted molar refractivity (Wildman–Crippen MR) is 106 cm³/mol. The molecule has 0 radical (unpaired) electrons. The van der Waals surface area contributed by atoms with E-state index in [0.29, 0.717) is 12.4 Å². The highest BCUT2D eigenvalue weighted by Crippen LogP contribution is 2.31. The van der Waals surface area contributed by atoms with Crippen LogP contribution in [0.4, 0.5) is 0 Å². The maximum Gasteiger partial charge on any atom is 0.123 e. The molecule has 1 aliphatic heterocycles. The van der Waals surface area contributed by atoms with Gasteiger partial charge in [0, 0.05) is 5.39 Å². The van der Waals surface area contributed by atoms with E-state index in [4.69, 9.17) is 4.74 Å². The van der Waals surface area contributed by atoms with Crippen LogP contribution >= 0.6 is 0 Å². The lowest BCUT2D eigenvalue weighted by Crippen LogP contribution is -2.11. The normalized spacial score (nSPS) is 17.8. The minimum atomic E-state index is 0.170. The van der Waals surface area contributed by atoms with Gasteiger partial charge < -0.3 is 9.84 Å². The van der Waals surface area contributed by atoms with Crippen LogP contribution in [0.2, 0.25) is 0 Å². The average molecular weight is 334 g/mol. The predicted octanol–water partition coefficient (Wildman–Crippen LogP) is 6.02. The maximum atomic E-state index is 10.1. The fraction of sp³-hybridized carbons (Fsp3) is 0.304. The van der Waals surface area contributed by atoms with Gasteiger partial charge in [0.2, 0.25) is 0 Å². The van der Waals surface area contributed by atoms with E-state index in [2.05, 4.69) is 31.7 Å². The maximum absolute atomic E-state index is 10.1. The Bertz CT molecular complexity index is 842. The first-order chi connectivity index (χ1) is 12.1. The van der Waals surface area contributed by atoms with Crippen LogP contribution in [0.1, 0.15) is 38.7 Å². The first-order valence-corrected chi connectivity index (χ1v) is 8.97. The molecule has 1 atom stereocenters. The Kier molecular flexibility index (Phi) is 5.40. The average Bonchev–Trinajstić information content (AvgIpc) is 3.09. The van der Waals surface area contributed by atoms with Crippen molar-refractivity contribution in [3.05, 3.63) is 71.3 Å². The Labute approximate surface area is 150 Å². The lowest BCUT2D eigenvalue weighted by atomic mass is 9.95. The van der Waals surface area contributed by atoms with Crippen LogP contribution in [-0.4, -0.2) is 17.8 Å². The summed E-state index contributed by atoms with van der Waals surface area (Å²) in [6, 6.07) is 11.8. The third-order valence-corrected chi connectivity index (χ3v) is 4.92. The van der Waals surface area contributed by atoms with Gasteiger partial charge in [-0.25, -0.2) is 0 Å². The topological polar surface area (TPSA) is 29.5 Å². The first-order valence-electron chi connectivity index (χ1n) is 8.97. The summed E-state index contributed by atoms with van der Waals surface area (Å²) < 4.78 is 5.84. The van der Waals surface area contributed by atoms with Crippen molar-refractivity contribution >= 4 is 16.8 Å². The van der Waals surface area contributed by atoms with Gasteiger partial charge in [-0.2, -0.15) is 0 Å². The summed E-state index contributed by atoms with van der Waals surface area (Å²) in [6.45, 7) is 9.00. The van der Waals surface area contributed by atoms with E-state index in [0.717, 1.165) is 41.2 Å². The second kappa shape index (κ2) is 7.71. The van der Waals surface area contributed by atoms with Crippen LogP contribution in [-0.2, 0) is 4.74 Å². The van der Waals surface area contributed by atoms with E-state index in [1.165, 1.54) is 11.1 Å². The molecule has 0 aliphatic carbocycles. The molecule has 1 aliphatic rings. The highest BCUT2D eigenvalue weighted by Gasteiger charge is 2.20. The lowest BCUT2D eigenvalue weighted by molar-refractivity contribution is 0.116. The minimum Gasteiger partial charge on any atom is -0.507 e. The minimum absolute atomic E-state index is 0.170. The van der Waals surface area contributed by atoms with Gasteiger partial charge in [0.25, 0.3) is 0 Å². The SMILES string of the molecule is C=C(C)C1=CCOC1CC/C(=C/c1ccc(O)c2ccccc12)CC. The number of aromatic hydroxyl groups is 1. The van der Waals surface area contributed by atoms with Crippen LogP contribution in [0.15, 0.2) is 65.8 Å². The monoisotopic (exact) mass is 334 g/mol. The number of rotatable bonds is 6. The fourth-order valence-corrected chi connectivity index (χ4v) is 3.48. The number of benzene rings is 2. The summed E-state index contributed by atoms with van der Waals surface area (Å²) in [5.74, 6) is 0.335.